The Kier molecular flexibility index (Phi) is 3.53. The summed E-state index contributed by atoms with van der Waals surface area (Å²) in [6.07, 6.45) is -2.80. The van der Waals surface area contributed by atoms with E-state index in [0.29, 0.717) is 11.8 Å². The SMILES string of the molecule is O=Cc1c(Cl)ncnc1-c1ccc(C(F)(F)F)cc1. The average Bonchev–Trinajstić information content (AvgIpc) is 2.37. The number of nitrogens with zero attached hydrogens (tertiary/aromatic N) is 2. The van der Waals surface area contributed by atoms with Gasteiger partial charge in [-0.05, 0) is 12.1 Å². The van der Waals surface area contributed by atoms with E-state index in [1.54, 1.807) is 0 Å². The van der Waals surface area contributed by atoms with Crippen LogP contribution in [0.5, 0.6) is 0 Å². The number of aromatic nitrogens is 2. The molecule has 1 aromatic heterocycles. The summed E-state index contributed by atoms with van der Waals surface area (Å²) >= 11 is 5.72. The predicted octanol–water partition coefficient (Wildman–Crippen LogP) is 3.63. The molecule has 2 aromatic rings. The van der Waals surface area contributed by atoms with Gasteiger partial charge in [0.15, 0.2) is 6.29 Å². The van der Waals surface area contributed by atoms with E-state index in [4.69, 9.17) is 11.6 Å². The number of hydrogen-bond donors (Lipinski definition) is 0. The Hall–Kier alpha value is -1.95. The van der Waals surface area contributed by atoms with Crippen molar-refractivity contribution >= 4 is 17.9 Å². The van der Waals surface area contributed by atoms with Gasteiger partial charge in [0.2, 0.25) is 0 Å². The van der Waals surface area contributed by atoms with Crippen LogP contribution < -0.4 is 0 Å². The number of carbonyl (C=O) groups excluding carboxylic acids is 1. The lowest BCUT2D eigenvalue weighted by Gasteiger charge is -2.08. The lowest BCUT2D eigenvalue weighted by atomic mass is 10.1. The fraction of sp³-hybridized carbons (Fsp3) is 0.0833. The summed E-state index contributed by atoms with van der Waals surface area (Å²) in [5, 5.41) is -0.0418. The van der Waals surface area contributed by atoms with Crippen molar-refractivity contribution in [2.45, 2.75) is 6.18 Å². The van der Waals surface area contributed by atoms with Crippen molar-refractivity contribution in [3.63, 3.8) is 0 Å². The van der Waals surface area contributed by atoms with Crippen molar-refractivity contribution in [1.29, 1.82) is 0 Å². The van der Waals surface area contributed by atoms with Gasteiger partial charge in [0.1, 0.15) is 11.5 Å². The van der Waals surface area contributed by atoms with Gasteiger partial charge in [0.25, 0.3) is 0 Å². The zero-order valence-corrected chi connectivity index (χ0v) is 10.0. The molecule has 0 amide bonds. The minimum absolute atomic E-state index is 0.0418. The first kappa shape index (κ1) is 13.5. The molecule has 0 unspecified atom stereocenters. The van der Waals surface area contributed by atoms with Crippen LogP contribution in [0.2, 0.25) is 5.15 Å². The van der Waals surface area contributed by atoms with Gasteiger partial charge in [0, 0.05) is 5.56 Å². The Bertz CT molecular complexity index is 611. The number of aldehydes is 1. The summed E-state index contributed by atoms with van der Waals surface area (Å²) in [7, 11) is 0. The molecule has 7 heteroatoms. The molecule has 0 aliphatic rings. The lowest BCUT2D eigenvalue weighted by molar-refractivity contribution is -0.137. The average molecular weight is 287 g/mol. The van der Waals surface area contributed by atoms with E-state index in [1.165, 1.54) is 12.1 Å². The van der Waals surface area contributed by atoms with Crippen molar-refractivity contribution < 1.29 is 18.0 Å². The van der Waals surface area contributed by atoms with Crippen molar-refractivity contribution in [2.75, 3.05) is 0 Å². The Morgan fingerprint density at radius 2 is 1.74 bits per heavy atom. The third-order valence-electron chi connectivity index (χ3n) is 2.44. The molecule has 0 N–H and O–H groups in total. The highest BCUT2D eigenvalue weighted by atomic mass is 35.5. The summed E-state index contributed by atoms with van der Waals surface area (Å²) in [4.78, 5) is 18.4. The molecule has 3 nitrogen and oxygen atoms in total. The molecule has 19 heavy (non-hydrogen) atoms. The van der Waals surface area contributed by atoms with Crippen LogP contribution >= 0.6 is 11.6 Å². The Morgan fingerprint density at radius 3 is 2.26 bits per heavy atom. The topological polar surface area (TPSA) is 42.9 Å². The van der Waals surface area contributed by atoms with Crippen molar-refractivity contribution in [3.05, 3.63) is 46.9 Å². The van der Waals surface area contributed by atoms with E-state index in [9.17, 15) is 18.0 Å². The van der Waals surface area contributed by atoms with E-state index in [-0.39, 0.29) is 16.4 Å². The van der Waals surface area contributed by atoms with E-state index in [2.05, 4.69) is 9.97 Å². The van der Waals surface area contributed by atoms with Crippen LogP contribution in [0.1, 0.15) is 15.9 Å². The zero-order valence-electron chi connectivity index (χ0n) is 9.28. The number of halogens is 4. The van der Waals surface area contributed by atoms with Gasteiger partial charge in [-0.2, -0.15) is 13.2 Å². The molecular weight excluding hydrogens is 281 g/mol. The molecule has 0 aliphatic heterocycles. The van der Waals surface area contributed by atoms with E-state index in [1.807, 2.05) is 0 Å². The summed E-state index contributed by atoms with van der Waals surface area (Å²) < 4.78 is 37.3. The minimum atomic E-state index is -4.41. The summed E-state index contributed by atoms with van der Waals surface area (Å²) in [5.74, 6) is 0. The van der Waals surface area contributed by atoms with E-state index < -0.39 is 11.7 Å². The summed E-state index contributed by atoms with van der Waals surface area (Å²) in [5.41, 5.74) is -0.170. The van der Waals surface area contributed by atoms with Gasteiger partial charge < -0.3 is 0 Å². The van der Waals surface area contributed by atoms with Crippen LogP contribution in [0.3, 0.4) is 0 Å². The van der Waals surface area contributed by atoms with Gasteiger partial charge in [0.05, 0.1) is 16.8 Å². The van der Waals surface area contributed by atoms with Gasteiger partial charge in [-0.15, -0.1) is 0 Å². The zero-order chi connectivity index (χ0) is 14.0. The highest BCUT2D eigenvalue weighted by Gasteiger charge is 2.30. The maximum atomic E-state index is 12.4. The lowest BCUT2D eigenvalue weighted by Crippen LogP contribution is -2.04. The Balaban J connectivity index is 2.49. The second-order valence-corrected chi connectivity index (χ2v) is 3.98. The maximum absolute atomic E-state index is 12.4. The van der Waals surface area contributed by atoms with Crippen molar-refractivity contribution in [3.8, 4) is 11.3 Å². The summed E-state index contributed by atoms with van der Waals surface area (Å²) in [6, 6.07) is 4.29. The second-order valence-electron chi connectivity index (χ2n) is 3.62. The molecule has 0 saturated carbocycles. The van der Waals surface area contributed by atoms with Gasteiger partial charge in [-0.1, -0.05) is 23.7 Å². The third kappa shape index (κ3) is 2.73. The van der Waals surface area contributed by atoms with Crippen molar-refractivity contribution in [1.82, 2.24) is 9.97 Å². The number of hydrogen-bond acceptors (Lipinski definition) is 3. The molecule has 0 bridgehead atoms. The monoisotopic (exact) mass is 286 g/mol. The highest BCUT2D eigenvalue weighted by Crippen LogP contribution is 2.31. The molecule has 98 valence electrons. The van der Waals surface area contributed by atoms with E-state index >= 15 is 0 Å². The maximum Gasteiger partial charge on any atom is 0.416 e. The first-order chi connectivity index (χ1) is 8.93. The van der Waals surface area contributed by atoms with Crippen LogP contribution in [0.15, 0.2) is 30.6 Å². The van der Waals surface area contributed by atoms with Crippen LogP contribution in [-0.4, -0.2) is 16.3 Å². The normalized spacial score (nSPS) is 11.4. The van der Waals surface area contributed by atoms with E-state index in [0.717, 1.165) is 18.5 Å². The van der Waals surface area contributed by atoms with Crippen molar-refractivity contribution in [2.24, 2.45) is 0 Å². The molecule has 0 spiro atoms. The van der Waals surface area contributed by atoms with Crippen LogP contribution in [0.25, 0.3) is 11.3 Å². The molecular formula is C12H6ClF3N2O. The molecule has 0 aliphatic carbocycles. The Morgan fingerprint density at radius 1 is 1.11 bits per heavy atom. The fourth-order valence-electron chi connectivity index (χ4n) is 1.53. The number of benzene rings is 1. The van der Waals surface area contributed by atoms with Gasteiger partial charge >= 0.3 is 6.18 Å². The third-order valence-corrected chi connectivity index (χ3v) is 2.74. The van der Waals surface area contributed by atoms with Gasteiger partial charge in [-0.3, -0.25) is 4.79 Å². The molecule has 0 atom stereocenters. The standard InChI is InChI=1S/C12H6ClF3N2O/c13-11-9(5-19)10(17-6-18-11)7-1-3-8(4-2-7)12(14,15)16/h1-6H. The quantitative estimate of drug-likeness (QED) is 0.625. The first-order valence-corrected chi connectivity index (χ1v) is 5.44. The fourth-order valence-corrected chi connectivity index (χ4v) is 1.70. The highest BCUT2D eigenvalue weighted by molar-refractivity contribution is 6.32. The number of alkyl halides is 3. The summed E-state index contributed by atoms with van der Waals surface area (Å²) in [6.45, 7) is 0. The second kappa shape index (κ2) is 4.97. The number of carbonyl (C=O) groups is 1. The molecule has 0 fully saturated rings. The molecule has 2 rings (SSSR count). The van der Waals surface area contributed by atoms with Gasteiger partial charge in [-0.25, -0.2) is 9.97 Å². The Labute approximate surface area is 111 Å². The predicted molar refractivity (Wildman–Crippen MR) is 62.9 cm³/mol. The largest absolute Gasteiger partial charge is 0.416 e. The first-order valence-electron chi connectivity index (χ1n) is 5.07. The van der Waals surface area contributed by atoms with Crippen LogP contribution in [0.4, 0.5) is 13.2 Å². The molecule has 0 saturated heterocycles. The number of rotatable bonds is 2. The molecule has 1 aromatic carbocycles. The minimum Gasteiger partial charge on any atom is -0.298 e. The molecule has 0 radical (unpaired) electrons. The molecule has 1 heterocycles. The van der Waals surface area contributed by atoms with Crippen LogP contribution in [-0.2, 0) is 6.18 Å². The smallest absolute Gasteiger partial charge is 0.298 e. The van der Waals surface area contributed by atoms with Crippen LogP contribution in [0, 0.1) is 0 Å².